The normalized spacial score (nSPS) is 18.7. The number of piperazine rings is 1. The van der Waals surface area contributed by atoms with Crippen LogP contribution in [0.3, 0.4) is 0 Å². The molecule has 2 aromatic carbocycles. The number of benzene rings is 2. The van der Waals surface area contributed by atoms with Crippen LogP contribution in [0, 0.1) is 0 Å². The molecule has 0 spiro atoms. The fraction of sp³-hybridized carbons (Fsp3) is 0.280. The Balaban J connectivity index is 1.30. The Morgan fingerprint density at radius 3 is 2.41 bits per heavy atom. The Morgan fingerprint density at radius 2 is 1.66 bits per heavy atom. The number of amides is 2. The molecule has 1 fully saturated rings. The molecule has 1 aromatic heterocycles. The number of anilines is 1. The van der Waals surface area contributed by atoms with Crippen LogP contribution >= 0.6 is 11.3 Å². The Morgan fingerprint density at radius 1 is 0.906 bits per heavy atom. The topological polar surface area (TPSA) is 53.1 Å². The summed E-state index contributed by atoms with van der Waals surface area (Å²) in [4.78, 5) is 32.8. The molecular formula is C25H25N3O3S. The maximum atomic E-state index is 13.6. The molecule has 3 heterocycles. The van der Waals surface area contributed by atoms with Gasteiger partial charge in [-0.3, -0.25) is 19.4 Å². The van der Waals surface area contributed by atoms with E-state index in [4.69, 9.17) is 4.74 Å². The molecule has 0 saturated carbocycles. The third kappa shape index (κ3) is 4.13. The number of thiophene rings is 1. The summed E-state index contributed by atoms with van der Waals surface area (Å²) >= 11 is 1.47. The lowest BCUT2D eigenvalue weighted by Crippen LogP contribution is -2.52. The zero-order valence-electron chi connectivity index (χ0n) is 17.7. The van der Waals surface area contributed by atoms with Gasteiger partial charge in [0.05, 0.1) is 23.2 Å². The highest BCUT2D eigenvalue weighted by atomic mass is 32.1. The van der Waals surface area contributed by atoms with Crippen LogP contribution in [0.25, 0.3) is 0 Å². The average molecular weight is 448 g/mol. The van der Waals surface area contributed by atoms with Crippen molar-refractivity contribution in [1.82, 2.24) is 9.80 Å². The zero-order chi connectivity index (χ0) is 21.9. The maximum Gasteiger partial charge on any atom is 0.264 e. The first-order valence-electron chi connectivity index (χ1n) is 10.8. The van der Waals surface area contributed by atoms with Crippen molar-refractivity contribution >= 4 is 28.8 Å². The van der Waals surface area contributed by atoms with Gasteiger partial charge < -0.3 is 9.64 Å². The Labute approximate surface area is 191 Å². The molecule has 2 aliphatic heterocycles. The molecule has 3 aromatic rings. The second-order valence-electron chi connectivity index (χ2n) is 8.01. The summed E-state index contributed by atoms with van der Waals surface area (Å²) < 4.78 is 5.99. The molecule has 2 aliphatic rings. The van der Waals surface area contributed by atoms with E-state index in [9.17, 15) is 9.59 Å². The number of ether oxygens (including phenoxy) is 1. The van der Waals surface area contributed by atoms with E-state index in [1.54, 1.807) is 0 Å². The van der Waals surface area contributed by atoms with Gasteiger partial charge in [-0.1, -0.05) is 48.5 Å². The van der Waals surface area contributed by atoms with Crippen LogP contribution in [0.5, 0.6) is 5.75 Å². The molecule has 1 atom stereocenters. The lowest BCUT2D eigenvalue weighted by molar-refractivity contribution is -0.121. The van der Waals surface area contributed by atoms with E-state index in [0.717, 1.165) is 21.9 Å². The van der Waals surface area contributed by atoms with Crippen LogP contribution in [0.15, 0.2) is 72.1 Å². The highest BCUT2D eigenvalue weighted by Crippen LogP contribution is 2.39. The molecule has 164 valence electrons. The zero-order valence-corrected chi connectivity index (χ0v) is 18.5. The van der Waals surface area contributed by atoms with Crippen LogP contribution in [-0.2, 0) is 4.79 Å². The van der Waals surface area contributed by atoms with E-state index >= 15 is 0 Å². The molecule has 7 heteroatoms. The van der Waals surface area contributed by atoms with Gasteiger partial charge in [0.15, 0.2) is 0 Å². The fourth-order valence-corrected chi connectivity index (χ4v) is 5.04. The number of fused-ring (bicyclic) bond motifs is 1. The summed E-state index contributed by atoms with van der Waals surface area (Å²) in [6, 6.07) is 21.3. The lowest BCUT2D eigenvalue weighted by atomic mass is 10.0. The number of carbonyl (C=O) groups excluding carboxylic acids is 2. The van der Waals surface area contributed by atoms with Gasteiger partial charge in [0.1, 0.15) is 12.4 Å². The van der Waals surface area contributed by atoms with Gasteiger partial charge in [-0.15, -0.1) is 11.3 Å². The van der Waals surface area contributed by atoms with Crippen molar-refractivity contribution in [3.05, 3.63) is 82.6 Å². The molecule has 0 unspecified atom stereocenters. The Hall–Kier alpha value is -3.16. The number of carbonyl (C=O) groups is 2. The van der Waals surface area contributed by atoms with Crippen molar-refractivity contribution in [1.29, 1.82) is 0 Å². The van der Waals surface area contributed by atoms with Gasteiger partial charge in [-0.05, 0) is 29.1 Å². The summed E-state index contributed by atoms with van der Waals surface area (Å²) in [6.07, 6.45) is 0. The summed E-state index contributed by atoms with van der Waals surface area (Å²) in [5, 5.41) is 1.92. The maximum absolute atomic E-state index is 13.6. The first-order valence-corrected chi connectivity index (χ1v) is 11.7. The first-order chi connectivity index (χ1) is 15.7. The van der Waals surface area contributed by atoms with Gasteiger partial charge in [0, 0.05) is 26.2 Å². The van der Waals surface area contributed by atoms with E-state index in [1.807, 2.05) is 81.9 Å². The average Bonchev–Trinajstić information content (AvgIpc) is 3.39. The summed E-state index contributed by atoms with van der Waals surface area (Å²) in [7, 11) is 0. The number of nitrogens with zero attached hydrogens (tertiary/aromatic N) is 3. The number of rotatable bonds is 4. The number of hydrogen-bond acceptors (Lipinski definition) is 5. The summed E-state index contributed by atoms with van der Waals surface area (Å²) in [6.45, 7) is 3.38. The molecule has 6 nitrogen and oxygen atoms in total. The SMILES string of the molecule is O=C(c1cccs1)N1CCN(CC(=O)N2c3ccccc3OC[C@H]2c2ccccc2)CC1. The predicted octanol–water partition coefficient (Wildman–Crippen LogP) is 3.67. The third-order valence-corrected chi connectivity index (χ3v) is 6.89. The van der Waals surface area contributed by atoms with Gasteiger partial charge in [0.2, 0.25) is 5.91 Å². The summed E-state index contributed by atoms with van der Waals surface area (Å²) in [5.41, 5.74) is 1.87. The molecule has 2 amide bonds. The standard InChI is InChI=1S/C25H25N3O3S/c29-24(17-26-12-14-27(15-13-26)25(30)23-11-6-16-32-23)28-20-9-4-5-10-22(20)31-18-21(28)19-7-2-1-3-8-19/h1-11,16,21H,12-15,17-18H2/t21-/m0/s1. The monoisotopic (exact) mass is 447 g/mol. The minimum absolute atomic E-state index is 0.0487. The number of para-hydroxylation sites is 2. The van der Waals surface area contributed by atoms with E-state index in [0.29, 0.717) is 39.3 Å². The molecule has 1 saturated heterocycles. The van der Waals surface area contributed by atoms with E-state index in [-0.39, 0.29) is 17.9 Å². The van der Waals surface area contributed by atoms with Gasteiger partial charge >= 0.3 is 0 Å². The van der Waals surface area contributed by atoms with Gasteiger partial charge in [-0.25, -0.2) is 0 Å². The van der Waals surface area contributed by atoms with E-state index in [2.05, 4.69) is 4.90 Å². The molecule has 0 aliphatic carbocycles. The van der Waals surface area contributed by atoms with Crippen LogP contribution < -0.4 is 9.64 Å². The van der Waals surface area contributed by atoms with Crippen molar-refractivity contribution in [2.24, 2.45) is 0 Å². The van der Waals surface area contributed by atoms with Gasteiger partial charge in [-0.2, -0.15) is 0 Å². The molecule has 0 radical (unpaired) electrons. The van der Waals surface area contributed by atoms with Crippen LogP contribution in [0.4, 0.5) is 5.69 Å². The van der Waals surface area contributed by atoms with E-state index in [1.165, 1.54) is 11.3 Å². The van der Waals surface area contributed by atoms with E-state index < -0.39 is 0 Å². The van der Waals surface area contributed by atoms with Crippen molar-refractivity contribution in [2.45, 2.75) is 6.04 Å². The largest absolute Gasteiger partial charge is 0.489 e. The van der Waals surface area contributed by atoms with Crippen LogP contribution in [0.1, 0.15) is 21.3 Å². The quantitative estimate of drug-likeness (QED) is 0.612. The highest BCUT2D eigenvalue weighted by molar-refractivity contribution is 7.12. The first kappa shape index (κ1) is 20.7. The second kappa shape index (κ2) is 9.14. The molecular weight excluding hydrogens is 422 g/mol. The lowest BCUT2D eigenvalue weighted by Gasteiger charge is -2.39. The van der Waals surface area contributed by atoms with Gasteiger partial charge in [0.25, 0.3) is 5.91 Å². The molecule has 0 N–H and O–H groups in total. The Bertz CT molecular complexity index is 1080. The second-order valence-corrected chi connectivity index (χ2v) is 8.96. The predicted molar refractivity (Wildman–Crippen MR) is 125 cm³/mol. The third-order valence-electron chi connectivity index (χ3n) is 6.04. The number of hydrogen-bond donors (Lipinski definition) is 0. The van der Waals surface area contributed by atoms with Crippen molar-refractivity contribution < 1.29 is 14.3 Å². The Kier molecular flexibility index (Phi) is 5.92. The minimum Gasteiger partial charge on any atom is -0.489 e. The van der Waals surface area contributed by atoms with Crippen molar-refractivity contribution in [3.8, 4) is 5.75 Å². The van der Waals surface area contributed by atoms with Crippen LogP contribution in [-0.4, -0.2) is 60.9 Å². The van der Waals surface area contributed by atoms with Crippen LogP contribution in [0.2, 0.25) is 0 Å². The molecule has 5 rings (SSSR count). The molecule has 32 heavy (non-hydrogen) atoms. The highest BCUT2D eigenvalue weighted by Gasteiger charge is 2.34. The molecule has 0 bridgehead atoms. The minimum atomic E-state index is -0.166. The van der Waals surface area contributed by atoms with Crippen molar-refractivity contribution in [3.63, 3.8) is 0 Å². The smallest absolute Gasteiger partial charge is 0.264 e. The fourth-order valence-electron chi connectivity index (χ4n) is 4.35. The van der Waals surface area contributed by atoms with Crippen molar-refractivity contribution in [2.75, 3.05) is 44.2 Å². The summed E-state index contributed by atoms with van der Waals surface area (Å²) in [5.74, 6) is 0.865.